The first-order valence-electron chi connectivity index (χ1n) is 6.55. The molecule has 0 N–H and O–H groups in total. The molecule has 0 saturated heterocycles. The summed E-state index contributed by atoms with van der Waals surface area (Å²) in [4.78, 5) is 12.3. The monoisotopic (exact) mass is 290 g/mol. The van der Waals surface area contributed by atoms with Crippen LogP contribution in [-0.2, 0) is 0 Å². The van der Waals surface area contributed by atoms with Crippen LogP contribution in [0.5, 0.6) is 11.5 Å². The molecule has 2 aromatic carbocycles. The van der Waals surface area contributed by atoms with Crippen LogP contribution in [0.15, 0.2) is 36.4 Å². The predicted octanol–water partition coefficient (Wildman–Crippen LogP) is 3.36. The Morgan fingerprint density at radius 2 is 1.76 bits per heavy atom. The Balaban J connectivity index is 1.98. The molecule has 0 saturated carbocycles. The lowest BCUT2D eigenvalue weighted by atomic mass is 10.0. The average molecular weight is 290 g/mol. The van der Waals surface area contributed by atoms with Gasteiger partial charge in [-0.1, -0.05) is 6.07 Å². The van der Waals surface area contributed by atoms with Crippen LogP contribution in [0.2, 0.25) is 0 Å². The fourth-order valence-electron chi connectivity index (χ4n) is 2.14. The Labute approximate surface area is 120 Å². The van der Waals surface area contributed by atoms with Gasteiger partial charge in [0.1, 0.15) is 0 Å². The Morgan fingerprint density at radius 1 is 1.00 bits per heavy atom. The van der Waals surface area contributed by atoms with E-state index in [4.69, 9.17) is 9.47 Å². The predicted molar refractivity (Wildman–Crippen MR) is 71.8 cm³/mol. The highest BCUT2D eigenvalue weighted by Crippen LogP contribution is 2.31. The van der Waals surface area contributed by atoms with Crippen LogP contribution in [-0.4, -0.2) is 19.0 Å². The first kappa shape index (κ1) is 13.5. The Morgan fingerprint density at radius 3 is 2.57 bits per heavy atom. The van der Waals surface area contributed by atoms with Gasteiger partial charge in [-0.15, -0.1) is 0 Å². The summed E-state index contributed by atoms with van der Waals surface area (Å²) in [6.07, 6.45) is 0.747. The molecular weight excluding hydrogens is 278 g/mol. The van der Waals surface area contributed by atoms with Gasteiger partial charge >= 0.3 is 0 Å². The molecule has 0 aliphatic carbocycles. The van der Waals surface area contributed by atoms with E-state index in [9.17, 15) is 13.6 Å². The lowest BCUT2D eigenvalue weighted by Crippen LogP contribution is -2.06. The fraction of sp³-hybridized carbons (Fsp3) is 0.188. The minimum Gasteiger partial charge on any atom is -0.490 e. The number of ether oxygens (including phenoxy) is 2. The van der Waals surface area contributed by atoms with Crippen molar-refractivity contribution in [3.05, 3.63) is 59.2 Å². The van der Waals surface area contributed by atoms with Crippen molar-refractivity contribution in [3.63, 3.8) is 0 Å². The molecule has 1 aliphatic heterocycles. The largest absolute Gasteiger partial charge is 0.490 e. The third kappa shape index (κ3) is 2.59. The summed E-state index contributed by atoms with van der Waals surface area (Å²) >= 11 is 0. The van der Waals surface area contributed by atoms with Gasteiger partial charge in [0.05, 0.1) is 18.8 Å². The average Bonchev–Trinajstić information content (AvgIpc) is 2.74. The number of carbonyl (C=O) groups is 1. The fourth-order valence-corrected chi connectivity index (χ4v) is 2.14. The second-order valence-corrected chi connectivity index (χ2v) is 4.64. The van der Waals surface area contributed by atoms with Crippen LogP contribution >= 0.6 is 0 Å². The van der Waals surface area contributed by atoms with E-state index < -0.39 is 17.4 Å². The van der Waals surface area contributed by atoms with Crippen molar-refractivity contribution < 1.29 is 23.0 Å². The zero-order chi connectivity index (χ0) is 14.8. The van der Waals surface area contributed by atoms with E-state index >= 15 is 0 Å². The van der Waals surface area contributed by atoms with Crippen LogP contribution in [0, 0.1) is 11.6 Å². The summed E-state index contributed by atoms with van der Waals surface area (Å²) < 4.78 is 37.8. The van der Waals surface area contributed by atoms with Gasteiger partial charge in [0.2, 0.25) is 0 Å². The van der Waals surface area contributed by atoms with E-state index in [1.165, 1.54) is 24.3 Å². The molecule has 3 nitrogen and oxygen atoms in total. The second kappa shape index (κ2) is 5.52. The smallest absolute Gasteiger partial charge is 0.196 e. The molecule has 0 unspecified atom stereocenters. The van der Waals surface area contributed by atoms with Gasteiger partial charge in [-0.2, -0.15) is 0 Å². The molecule has 0 atom stereocenters. The Hall–Kier alpha value is -2.43. The third-order valence-electron chi connectivity index (χ3n) is 3.21. The number of hydrogen-bond acceptors (Lipinski definition) is 3. The van der Waals surface area contributed by atoms with Crippen LogP contribution in [0.1, 0.15) is 22.3 Å². The summed E-state index contributed by atoms with van der Waals surface area (Å²) in [7, 11) is 0. The highest BCUT2D eigenvalue weighted by atomic mass is 19.2. The molecule has 0 radical (unpaired) electrons. The minimum absolute atomic E-state index is 0.226. The SMILES string of the molecule is O=C(c1ccc2c(c1)OCCCO2)c1cccc(F)c1F. The summed E-state index contributed by atoms with van der Waals surface area (Å²) in [5.41, 5.74) is -0.0757. The lowest BCUT2D eigenvalue weighted by Gasteiger charge is -2.09. The number of carbonyl (C=O) groups excluding carboxylic acids is 1. The van der Waals surface area contributed by atoms with Crippen LogP contribution < -0.4 is 9.47 Å². The highest BCUT2D eigenvalue weighted by Gasteiger charge is 2.19. The van der Waals surface area contributed by atoms with E-state index in [2.05, 4.69) is 0 Å². The standard InChI is InChI=1S/C16H12F2O3/c17-12-4-1-3-11(15(12)18)16(19)10-5-6-13-14(9-10)21-8-2-7-20-13/h1,3-6,9H,2,7-8H2. The van der Waals surface area contributed by atoms with E-state index in [1.807, 2.05) is 0 Å². The minimum atomic E-state index is -1.14. The van der Waals surface area contributed by atoms with Gasteiger partial charge in [0.25, 0.3) is 0 Å². The summed E-state index contributed by atoms with van der Waals surface area (Å²) in [6.45, 7) is 1.03. The molecule has 1 aliphatic rings. The van der Waals surface area contributed by atoms with Gasteiger partial charge in [0, 0.05) is 12.0 Å². The Bertz CT molecular complexity index is 698. The van der Waals surface area contributed by atoms with Crippen molar-refractivity contribution in [2.45, 2.75) is 6.42 Å². The van der Waals surface area contributed by atoms with Crippen molar-refractivity contribution in [2.75, 3.05) is 13.2 Å². The number of hydrogen-bond donors (Lipinski definition) is 0. The number of fused-ring (bicyclic) bond motifs is 1. The van der Waals surface area contributed by atoms with Crippen molar-refractivity contribution in [1.82, 2.24) is 0 Å². The van der Waals surface area contributed by atoms with Crippen LogP contribution in [0.25, 0.3) is 0 Å². The van der Waals surface area contributed by atoms with Crippen molar-refractivity contribution in [1.29, 1.82) is 0 Å². The number of rotatable bonds is 2. The lowest BCUT2D eigenvalue weighted by molar-refractivity contribution is 0.103. The first-order valence-corrected chi connectivity index (χ1v) is 6.55. The summed E-state index contributed by atoms with van der Waals surface area (Å²) in [6, 6.07) is 8.14. The molecule has 0 fully saturated rings. The maximum atomic E-state index is 13.7. The zero-order valence-electron chi connectivity index (χ0n) is 11.1. The number of halogens is 2. The van der Waals surface area contributed by atoms with Crippen molar-refractivity contribution >= 4 is 5.78 Å². The Kier molecular flexibility index (Phi) is 3.56. The molecule has 0 aromatic heterocycles. The molecule has 1 heterocycles. The van der Waals surface area contributed by atoms with E-state index in [1.54, 1.807) is 6.07 Å². The van der Waals surface area contributed by atoms with Crippen molar-refractivity contribution in [3.8, 4) is 11.5 Å². The summed E-state index contributed by atoms with van der Waals surface area (Å²) in [5, 5.41) is 0. The summed E-state index contributed by atoms with van der Waals surface area (Å²) in [5.74, 6) is -1.80. The van der Waals surface area contributed by atoms with Crippen LogP contribution in [0.3, 0.4) is 0 Å². The van der Waals surface area contributed by atoms with Gasteiger partial charge in [-0.25, -0.2) is 8.78 Å². The second-order valence-electron chi connectivity index (χ2n) is 4.64. The van der Waals surface area contributed by atoms with Crippen molar-refractivity contribution in [2.24, 2.45) is 0 Å². The maximum absolute atomic E-state index is 13.7. The molecule has 0 spiro atoms. The third-order valence-corrected chi connectivity index (χ3v) is 3.21. The first-order chi connectivity index (χ1) is 10.2. The molecule has 0 amide bonds. The van der Waals surface area contributed by atoms with Gasteiger partial charge in [0.15, 0.2) is 28.9 Å². The molecule has 2 aromatic rings. The molecule has 3 rings (SSSR count). The number of ketones is 1. The molecule has 0 bridgehead atoms. The quantitative estimate of drug-likeness (QED) is 0.796. The van der Waals surface area contributed by atoms with Crippen LogP contribution in [0.4, 0.5) is 8.78 Å². The van der Waals surface area contributed by atoms with E-state index in [-0.39, 0.29) is 11.1 Å². The normalized spacial score (nSPS) is 13.6. The number of benzene rings is 2. The zero-order valence-corrected chi connectivity index (χ0v) is 11.1. The highest BCUT2D eigenvalue weighted by molar-refractivity contribution is 6.09. The van der Waals surface area contributed by atoms with E-state index in [0.717, 1.165) is 12.5 Å². The molecular formula is C16H12F2O3. The van der Waals surface area contributed by atoms with E-state index in [0.29, 0.717) is 24.7 Å². The van der Waals surface area contributed by atoms with Gasteiger partial charge in [-0.05, 0) is 30.3 Å². The van der Waals surface area contributed by atoms with Gasteiger partial charge in [-0.3, -0.25) is 4.79 Å². The molecule has 21 heavy (non-hydrogen) atoms. The topological polar surface area (TPSA) is 35.5 Å². The molecule has 108 valence electrons. The van der Waals surface area contributed by atoms with Gasteiger partial charge < -0.3 is 9.47 Å². The maximum Gasteiger partial charge on any atom is 0.196 e. The molecule has 5 heteroatoms.